The van der Waals surface area contributed by atoms with Crippen LogP contribution >= 0.6 is 0 Å². The Labute approximate surface area is 163 Å². The van der Waals surface area contributed by atoms with Gasteiger partial charge in [-0.3, -0.25) is 4.79 Å². The Balaban J connectivity index is 2.66. The van der Waals surface area contributed by atoms with Gasteiger partial charge in [-0.1, -0.05) is 30.3 Å². The molecule has 0 aliphatic rings. The van der Waals surface area contributed by atoms with E-state index in [0.717, 1.165) is 5.56 Å². The van der Waals surface area contributed by atoms with Crippen LogP contribution in [-0.4, -0.2) is 41.9 Å². The highest BCUT2D eigenvalue weighted by Crippen LogP contribution is 2.12. The van der Waals surface area contributed by atoms with Gasteiger partial charge in [-0.2, -0.15) is 0 Å². The number of ether oxygens (including phenoxy) is 2. The molecule has 0 heterocycles. The zero-order valence-corrected chi connectivity index (χ0v) is 17.6. The second-order valence-electron chi connectivity index (χ2n) is 8.70. The Morgan fingerprint density at radius 2 is 1.59 bits per heavy atom. The van der Waals surface area contributed by atoms with E-state index in [9.17, 15) is 9.59 Å². The predicted octanol–water partition coefficient (Wildman–Crippen LogP) is 3.44. The number of nitrogens with one attached hydrogen (secondary N) is 2. The lowest BCUT2D eigenvalue weighted by Crippen LogP contribution is -2.50. The smallest absolute Gasteiger partial charge is 0.407 e. The van der Waals surface area contributed by atoms with Gasteiger partial charge in [-0.15, -0.1) is 0 Å². The molecule has 2 amide bonds. The lowest BCUT2D eigenvalue weighted by Gasteiger charge is -2.28. The predicted molar refractivity (Wildman–Crippen MR) is 107 cm³/mol. The maximum atomic E-state index is 12.7. The molecule has 27 heavy (non-hydrogen) atoms. The monoisotopic (exact) mass is 378 g/mol. The third-order valence-corrected chi connectivity index (χ3v) is 3.39. The molecule has 2 N–H and O–H groups in total. The average molecular weight is 379 g/mol. The van der Waals surface area contributed by atoms with Gasteiger partial charge in [0.05, 0.1) is 12.1 Å². The highest BCUT2D eigenvalue weighted by atomic mass is 16.6. The van der Waals surface area contributed by atoms with Crippen molar-refractivity contribution in [3.05, 3.63) is 35.9 Å². The van der Waals surface area contributed by atoms with Crippen LogP contribution in [0.3, 0.4) is 0 Å². The lowest BCUT2D eigenvalue weighted by atomic mass is 10.1. The number of hydrogen-bond acceptors (Lipinski definition) is 4. The van der Waals surface area contributed by atoms with Crippen LogP contribution in [-0.2, 0) is 20.7 Å². The first kappa shape index (κ1) is 23.0. The second-order valence-corrected chi connectivity index (χ2v) is 8.70. The van der Waals surface area contributed by atoms with Gasteiger partial charge >= 0.3 is 6.09 Å². The number of rotatable bonds is 7. The van der Waals surface area contributed by atoms with E-state index in [1.54, 1.807) is 20.8 Å². The Kier molecular flexibility index (Phi) is 8.28. The normalized spacial score (nSPS) is 14.2. The van der Waals surface area contributed by atoms with Crippen molar-refractivity contribution in [1.29, 1.82) is 0 Å². The zero-order valence-electron chi connectivity index (χ0n) is 17.6. The van der Waals surface area contributed by atoms with E-state index >= 15 is 0 Å². The molecule has 0 saturated carbocycles. The van der Waals surface area contributed by atoms with E-state index in [0.29, 0.717) is 6.42 Å². The van der Waals surface area contributed by atoms with Crippen molar-refractivity contribution in [1.82, 2.24) is 10.6 Å². The molecule has 0 saturated heterocycles. The topological polar surface area (TPSA) is 76.7 Å². The zero-order chi connectivity index (χ0) is 20.7. The van der Waals surface area contributed by atoms with E-state index < -0.39 is 23.4 Å². The molecular formula is C21H34N2O4. The quantitative estimate of drug-likeness (QED) is 0.762. The summed E-state index contributed by atoms with van der Waals surface area (Å²) < 4.78 is 11.1. The average Bonchev–Trinajstić information content (AvgIpc) is 2.49. The van der Waals surface area contributed by atoms with Crippen molar-refractivity contribution in [2.75, 3.05) is 6.54 Å². The first-order valence-electron chi connectivity index (χ1n) is 9.35. The third-order valence-electron chi connectivity index (χ3n) is 3.39. The minimum atomic E-state index is -0.809. The molecule has 0 fully saturated rings. The van der Waals surface area contributed by atoms with Gasteiger partial charge in [0.2, 0.25) is 0 Å². The third kappa shape index (κ3) is 10.6. The van der Waals surface area contributed by atoms with Crippen LogP contribution < -0.4 is 10.6 Å². The standard InChI is InChI=1S/C21H34N2O4/c1-15(13-16-11-9-8-10-12-16)23-18(24)17(26-20(2,3)4)14-22-19(25)27-21(5,6)7/h8-12,15,17H,13-14H2,1-7H3,(H,22,25)(H,23,24). The molecule has 0 aliphatic heterocycles. The molecule has 1 aromatic rings. The minimum absolute atomic E-state index is 0.0378. The summed E-state index contributed by atoms with van der Waals surface area (Å²) in [5.74, 6) is -0.260. The SMILES string of the molecule is CC(Cc1ccccc1)NC(=O)C(CNC(=O)OC(C)(C)C)OC(C)(C)C. The van der Waals surface area contributed by atoms with Crippen molar-refractivity contribution in [2.24, 2.45) is 0 Å². The number of alkyl carbamates (subject to hydrolysis) is 1. The fourth-order valence-electron chi connectivity index (χ4n) is 2.46. The maximum Gasteiger partial charge on any atom is 0.407 e. The highest BCUT2D eigenvalue weighted by molar-refractivity contribution is 5.82. The largest absolute Gasteiger partial charge is 0.444 e. The summed E-state index contributed by atoms with van der Waals surface area (Å²) in [5.41, 5.74) is 0.0162. The van der Waals surface area contributed by atoms with Crippen LogP contribution in [0.15, 0.2) is 30.3 Å². The first-order chi connectivity index (χ1) is 12.4. The fourth-order valence-corrected chi connectivity index (χ4v) is 2.46. The summed E-state index contributed by atoms with van der Waals surface area (Å²) in [6.07, 6.45) is -0.667. The summed E-state index contributed by atoms with van der Waals surface area (Å²) in [4.78, 5) is 24.6. The second kappa shape index (κ2) is 9.74. The van der Waals surface area contributed by atoms with Gasteiger partial charge < -0.3 is 20.1 Å². The van der Waals surface area contributed by atoms with Crippen LogP contribution in [0.2, 0.25) is 0 Å². The first-order valence-corrected chi connectivity index (χ1v) is 9.35. The summed E-state index contributed by atoms with van der Waals surface area (Å²) in [7, 11) is 0. The minimum Gasteiger partial charge on any atom is -0.444 e. The van der Waals surface area contributed by atoms with Crippen LogP contribution in [0.1, 0.15) is 54.0 Å². The number of hydrogen-bond donors (Lipinski definition) is 2. The van der Waals surface area contributed by atoms with Crippen molar-refractivity contribution < 1.29 is 19.1 Å². The van der Waals surface area contributed by atoms with Crippen LogP contribution in [0.4, 0.5) is 4.79 Å². The number of carbonyl (C=O) groups excluding carboxylic acids is 2. The summed E-state index contributed by atoms with van der Waals surface area (Å²) >= 11 is 0. The molecule has 0 spiro atoms. The van der Waals surface area contributed by atoms with E-state index in [1.807, 2.05) is 58.0 Å². The van der Waals surface area contributed by atoms with Gasteiger partial charge in [-0.05, 0) is 60.5 Å². The van der Waals surface area contributed by atoms with Crippen molar-refractivity contribution in [3.63, 3.8) is 0 Å². The van der Waals surface area contributed by atoms with Crippen LogP contribution in [0.5, 0.6) is 0 Å². The lowest BCUT2D eigenvalue weighted by molar-refractivity contribution is -0.142. The molecule has 6 nitrogen and oxygen atoms in total. The Bertz CT molecular complexity index is 603. The summed E-state index contributed by atoms with van der Waals surface area (Å²) in [6.45, 7) is 12.9. The van der Waals surface area contributed by atoms with E-state index in [4.69, 9.17) is 9.47 Å². The van der Waals surface area contributed by atoms with Crippen molar-refractivity contribution >= 4 is 12.0 Å². The van der Waals surface area contributed by atoms with Crippen molar-refractivity contribution in [2.45, 2.75) is 78.2 Å². The van der Waals surface area contributed by atoms with Gasteiger partial charge in [0.15, 0.2) is 6.10 Å². The van der Waals surface area contributed by atoms with E-state index in [2.05, 4.69) is 10.6 Å². The molecule has 6 heteroatoms. The van der Waals surface area contributed by atoms with Gasteiger partial charge in [-0.25, -0.2) is 4.79 Å². The van der Waals surface area contributed by atoms with Crippen LogP contribution in [0, 0.1) is 0 Å². The van der Waals surface area contributed by atoms with Gasteiger partial charge in [0.1, 0.15) is 5.60 Å². The number of benzene rings is 1. The molecule has 0 aliphatic carbocycles. The molecule has 0 aromatic heterocycles. The maximum absolute atomic E-state index is 12.7. The number of carbonyl (C=O) groups is 2. The molecule has 1 rings (SSSR count). The molecule has 152 valence electrons. The molecule has 2 unspecified atom stereocenters. The summed E-state index contributed by atoms with van der Waals surface area (Å²) in [6, 6.07) is 9.89. The molecule has 0 radical (unpaired) electrons. The molecule has 1 aromatic carbocycles. The van der Waals surface area contributed by atoms with E-state index in [1.165, 1.54) is 0 Å². The van der Waals surface area contributed by atoms with Crippen molar-refractivity contribution in [3.8, 4) is 0 Å². The molecular weight excluding hydrogens is 344 g/mol. The Morgan fingerprint density at radius 1 is 1.00 bits per heavy atom. The fraction of sp³-hybridized carbons (Fsp3) is 0.619. The summed E-state index contributed by atoms with van der Waals surface area (Å²) in [5, 5.41) is 5.59. The van der Waals surface area contributed by atoms with Gasteiger partial charge in [0.25, 0.3) is 5.91 Å². The van der Waals surface area contributed by atoms with Gasteiger partial charge in [0, 0.05) is 6.04 Å². The van der Waals surface area contributed by atoms with E-state index in [-0.39, 0.29) is 18.5 Å². The molecule has 0 bridgehead atoms. The highest BCUT2D eigenvalue weighted by Gasteiger charge is 2.27. The Morgan fingerprint density at radius 3 is 2.11 bits per heavy atom. The van der Waals surface area contributed by atoms with Crippen LogP contribution in [0.25, 0.3) is 0 Å². The number of amides is 2. The Hall–Kier alpha value is -2.08. The molecule has 2 atom stereocenters.